The molecule has 0 saturated heterocycles. The summed E-state index contributed by atoms with van der Waals surface area (Å²) >= 11 is 12.2. The van der Waals surface area contributed by atoms with Gasteiger partial charge in [-0.2, -0.15) is 0 Å². The van der Waals surface area contributed by atoms with Crippen LogP contribution in [-0.4, -0.2) is 29.3 Å². The van der Waals surface area contributed by atoms with Crippen molar-refractivity contribution in [2.45, 2.75) is 45.7 Å². The second kappa shape index (κ2) is 11.1. The molecule has 2 aromatic rings. The van der Waals surface area contributed by atoms with Crippen LogP contribution >= 0.6 is 23.2 Å². The Labute approximate surface area is 176 Å². The SMILES string of the molecule is CCCCNC(=O)[C@@H](C)N(Cc1ccc(Cl)cc1)C(=O)Cc1ccccc1Cl. The van der Waals surface area contributed by atoms with Gasteiger partial charge in [0.25, 0.3) is 0 Å². The third-order valence-corrected chi connectivity index (χ3v) is 5.18. The van der Waals surface area contributed by atoms with E-state index in [1.165, 1.54) is 0 Å². The molecule has 0 radical (unpaired) electrons. The van der Waals surface area contributed by atoms with E-state index in [1.807, 2.05) is 30.3 Å². The second-order valence-corrected chi connectivity index (χ2v) is 7.58. The fourth-order valence-corrected chi connectivity index (χ4v) is 3.14. The highest BCUT2D eigenvalue weighted by molar-refractivity contribution is 6.31. The summed E-state index contributed by atoms with van der Waals surface area (Å²) in [5.74, 6) is -0.309. The number of halogens is 2. The van der Waals surface area contributed by atoms with Crippen molar-refractivity contribution in [3.05, 3.63) is 69.7 Å². The molecule has 0 fully saturated rings. The van der Waals surface area contributed by atoms with E-state index in [4.69, 9.17) is 23.2 Å². The van der Waals surface area contributed by atoms with Crippen molar-refractivity contribution in [3.8, 4) is 0 Å². The minimum absolute atomic E-state index is 0.139. The molecule has 1 atom stereocenters. The summed E-state index contributed by atoms with van der Waals surface area (Å²) in [6.07, 6.45) is 2.04. The molecule has 2 aromatic carbocycles. The molecule has 1 N–H and O–H groups in total. The molecule has 0 aromatic heterocycles. The average Bonchev–Trinajstić information content (AvgIpc) is 2.68. The van der Waals surface area contributed by atoms with Crippen LogP contribution in [0.2, 0.25) is 10.0 Å². The number of nitrogens with one attached hydrogen (secondary N) is 1. The van der Waals surface area contributed by atoms with Crippen molar-refractivity contribution in [2.24, 2.45) is 0 Å². The van der Waals surface area contributed by atoms with Gasteiger partial charge in [-0.15, -0.1) is 0 Å². The molecular weight excluding hydrogens is 395 g/mol. The summed E-state index contributed by atoms with van der Waals surface area (Å²) in [6.45, 7) is 4.74. The molecule has 0 aliphatic heterocycles. The molecular formula is C22H26Cl2N2O2. The van der Waals surface area contributed by atoms with Crippen molar-refractivity contribution < 1.29 is 9.59 Å². The van der Waals surface area contributed by atoms with Gasteiger partial charge in [-0.05, 0) is 42.7 Å². The Bertz CT molecular complexity index is 793. The molecule has 0 aliphatic carbocycles. The number of rotatable bonds is 9. The Kier molecular flexibility index (Phi) is 8.81. The Balaban J connectivity index is 2.18. The van der Waals surface area contributed by atoms with Crippen LogP contribution in [0.15, 0.2) is 48.5 Å². The van der Waals surface area contributed by atoms with Gasteiger partial charge in [0.05, 0.1) is 6.42 Å². The predicted molar refractivity (Wildman–Crippen MR) is 115 cm³/mol. The molecule has 0 heterocycles. The van der Waals surface area contributed by atoms with Gasteiger partial charge in [-0.1, -0.05) is 66.9 Å². The first kappa shape index (κ1) is 22.3. The zero-order valence-corrected chi connectivity index (χ0v) is 17.8. The zero-order chi connectivity index (χ0) is 20.5. The zero-order valence-electron chi connectivity index (χ0n) is 16.3. The van der Waals surface area contributed by atoms with Gasteiger partial charge in [-0.3, -0.25) is 9.59 Å². The van der Waals surface area contributed by atoms with E-state index in [0.717, 1.165) is 24.0 Å². The van der Waals surface area contributed by atoms with Crippen LogP contribution in [0.4, 0.5) is 0 Å². The van der Waals surface area contributed by atoms with E-state index in [2.05, 4.69) is 12.2 Å². The number of hydrogen-bond acceptors (Lipinski definition) is 2. The van der Waals surface area contributed by atoms with Crippen molar-refractivity contribution in [1.82, 2.24) is 10.2 Å². The smallest absolute Gasteiger partial charge is 0.242 e. The number of carbonyl (C=O) groups excluding carboxylic acids is 2. The number of carbonyl (C=O) groups is 2. The molecule has 6 heteroatoms. The normalized spacial score (nSPS) is 11.7. The first-order valence-corrected chi connectivity index (χ1v) is 10.2. The van der Waals surface area contributed by atoms with E-state index < -0.39 is 6.04 Å². The van der Waals surface area contributed by atoms with Gasteiger partial charge in [0, 0.05) is 23.1 Å². The molecule has 0 unspecified atom stereocenters. The predicted octanol–water partition coefficient (Wildman–Crippen LogP) is 4.87. The fraction of sp³-hybridized carbons (Fsp3) is 0.364. The van der Waals surface area contributed by atoms with Gasteiger partial charge in [0.2, 0.25) is 11.8 Å². The maximum atomic E-state index is 13.1. The molecule has 4 nitrogen and oxygen atoms in total. The minimum atomic E-state index is -0.595. The number of nitrogens with zero attached hydrogens (tertiary/aromatic N) is 1. The highest BCUT2D eigenvalue weighted by atomic mass is 35.5. The number of benzene rings is 2. The first-order valence-electron chi connectivity index (χ1n) is 9.47. The van der Waals surface area contributed by atoms with Crippen LogP contribution in [0.25, 0.3) is 0 Å². The van der Waals surface area contributed by atoms with Gasteiger partial charge < -0.3 is 10.2 Å². The van der Waals surface area contributed by atoms with Crippen LogP contribution in [0.5, 0.6) is 0 Å². The maximum Gasteiger partial charge on any atom is 0.242 e. The summed E-state index contributed by atoms with van der Waals surface area (Å²) in [6, 6.07) is 13.9. The maximum absolute atomic E-state index is 13.1. The van der Waals surface area contributed by atoms with Gasteiger partial charge in [0.15, 0.2) is 0 Å². The standard InChI is InChI=1S/C22H26Cl2N2O2/c1-3-4-13-25-22(28)16(2)26(15-17-9-11-19(23)12-10-17)21(27)14-18-7-5-6-8-20(18)24/h5-12,16H,3-4,13-15H2,1-2H3,(H,25,28)/t16-/m1/s1. The van der Waals surface area contributed by atoms with Crippen LogP contribution in [0.1, 0.15) is 37.8 Å². The second-order valence-electron chi connectivity index (χ2n) is 6.74. The summed E-state index contributed by atoms with van der Waals surface area (Å²) in [7, 11) is 0. The molecule has 2 amide bonds. The quantitative estimate of drug-likeness (QED) is 0.588. The van der Waals surface area contributed by atoms with Crippen LogP contribution < -0.4 is 5.32 Å². The highest BCUT2D eigenvalue weighted by Crippen LogP contribution is 2.19. The molecule has 0 saturated carbocycles. The molecule has 2 rings (SSSR count). The lowest BCUT2D eigenvalue weighted by Gasteiger charge is -2.29. The number of amides is 2. The Morgan fingerprint density at radius 1 is 1.07 bits per heavy atom. The number of hydrogen-bond donors (Lipinski definition) is 1. The topological polar surface area (TPSA) is 49.4 Å². The van der Waals surface area contributed by atoms with Gasteiger partial charge in [-0.25, -0.2) is 0 Å². The molecule has 0 aliphatic rings. The van der Waals surface area contributed by atoms with E-state index >= 15 is 0 Å². The Morgan fingerprint density at radius 3 is 2.39 bits per heavy atom. The highest BCUT2D eigenvalue weighted by Gasteiger charge is 2.26. The number of unbranched alkanes of at least 4 members (excludes halogenated alkanes) is 1. The molecule has 150 valence electrons. The van der Waals surface area contributed by atoms with Crippen molar-refractivity contribution >= 4 is 35.0 Å². The van der Waals surface area contributed by atoms with Gasteiger partial charge in [0.1, 0.15) is 6.04 Å². The van der Waals surface area contributed by atoms with Crippen molar-refractivity contribution in [3.63, 3.8) is 0 Å². The fourth-order valence-electron chi connectivity index (χ4n) is 2.81. The largest absolute Gasteiger partial charge is 0.354 e. The van der Waals surface area contributed by atoms with Crippen LogP contribution in [0, 0.1) is 0 Å². The van der Waals surface area contributed by atoms with E-state index in [9.17, 15) is 9.59 Å². The van der Waals surface area contributed by atoms with Gasteiger partial charge >= 0.3 is 0 Å². The summed E-state index contributed by atoms with van der Waals surface area (Å²) in [5, 5.41) is 4.08. The monoisotopic (exact) mass is 420 g/mol. The summed E-state index contributed by atoms with van der Waals surface area (Å²) < 4.78 is 0. The third-order valence-electron chi connectivity index (χ3n) is 4.56. The lowest BCUT2D eigenvalue weighted by molar-refractivity contribution is -0.140. The van der Waals surface area contributed by atoms with Crippen molar-refractivity contribution in [1.29, 1.82) is 0 Å². The Morgan fingerprint density at radius 2 is 1.75 bits per heavy atom. The first-order chi connectivity index (χ1) is 13.4. The van der Waals surface area contributed by atoms with E-state index in [1.54, 1.807) is 30.0 Å². The molecule has 0 spiro atoms. The Hall–Kier alpha value is -2.04. The van der Waals surface area contributed by atoms with E-state index in [0.29, 0.717) is 23.1 Å². The van der Waals surface area contributed by atoms with Crippen LogP contribution in [0.3, 0.4) is 0 Å². The summed E-state index contributed by atoms with van der Waals surface area (Å²) in [5.41, 5.74) is 1.65. The minimum Gasteiger partial charge on any atom is -0.354 e. The summed E-state index contributed by atoms with van der Waals surface area (Å²) in [4.78, 5) is 27.2. The third kappa shape index (κ3) is 6.54. The average molecular weight is 421 g/mol. The van der Waals surface area contributed by atoms with Crippen LogP contribution in [-0.2, 0) is 22.6 Å². The van der Waals surface area contributed by atoms with E-state index in [-0.39, 0.29) is 18.2 Å². The van der Waals surface area contributed by atoms with Crippen molar-refractivity contribution in [2.75, 3.05) is 6.54 Å². The molecule has 28 heavy (non-hydrogen) atoms. The molecule has 0 bridgehead atoms. The lowest BCUT2D eigenvalue weighted by Crippen LogP contribution is -2.48. The lowest BCUT2D eigenvalue weighted by atomic mass is 10.1.